The van der Waals surface area contributed by atoms with Gasteiger partial charge in [-0.2, -0.15) is 0 Å². The number of hydrogen-bond donors (Lipinski definition) is 3. The molecule has 1 saturated heterocycles. The van der Waals surface area contributed by atoms with Gasteiger partial charge in [0, 0.05) is 42.5 Å². The predicted molar refractivity (Wildman–Crippen MR) is 131 cm³/mol. The van der Waals surface area contributed by atoms with Crippen molar-refractivity contribution >= 4 is 11.6 Å². The Bertz CT molecular complexity index is 672. The summed E-state index contributed by atoms with van der Waals surface area (Å²) in [6.45, 7) is 9.16. The van der Waals surface area contributed by atoms with E-state index in [1.165, 1.54) is 51.6 Å². The highest BCUT2D eigenvalue weighted by Crippen LogP contribution is 2.37. The Morgan fingerprint density at radius 1 is 1.10 bits per heavy atom. The molecule has 31 heavy (non-hydrogen) atoms. The Kier molecular flexibility index (Phi) is 8.19. The van der Waals surface area contributed by atoms with Crippen molar-refractivity contribution in [2.75, 3.05) is 26.2 Å². The Hall–Kier alpha value is -0.810. The summed E-state index contributed by atoms with van der Waals surface area (Å²) in [5, 5.41) is 18.4. The average molecular weight is 448 g/mol. The third-order valence-electron chi connectivity index (χ3n) is 8.10. The van der Waals surface area contributed by atoms with Crippen molar-refractivity contribution in [3.63, 3.8) is 0 Å². The van der Waals surface area contributed by atoms with Crippen LogP contribution >= 0.6 is 11.6 Å². The molecule has 0 aromatic carbocycles. The molecule has 174 valence electrons. The van der Waals surface area contributed by atoms with Gasteiger partial charge in [0.15, 0.2) is 0 Å². The number of nitrogens with one attached hydrogen (secondary N) is 2. The van der Waals surface area contributed by atoms with E-state index in [1.807, 2.05) is 12.2 Å². The fourth-order valence-corrected chi connectivity index (χ4v) is 6.25. The molecule has 3 atom stereocenters. The fraction of sp³-hybridized carbons (Fsp3) is 0.769. The van der Waals surface area contributed by atoms with Gasteiger partial charge in [-0.05, 0) is 69.4 Å². The molecule has 1 saturated carbocycles. The Morgan fingerprint density at radius 2 is 1.81 bits per heavy atom. The zero-order valence-corrected chi connectivity index (χ0v) is 20.2. The highest BCUT2D eigenvalue weighted by molar-refractivity contribution is 6.20. The van der Waals surface area contributed by atoms with E-state index < -0.39 is 0 Å². The molecular weight excluding hydrogens is 406 g/mol. The first-order chi connectivity index (χ1) is 15.0. The maximum Gasteiger partial charge on any atom is 0.0989 e. The van der Waals surface area contributed by atoms with Crippen molar-refractivity contribution in [3.8, 4) is 0 Å². The lowest BCUT2D eigenvalue weighted by Crippen LogP contribution is -2.53. The number of likely N-dealkylation sites (tertiary alicyclic amines) is 1. The van der Waals surface area contributed by atoms with Crippen molar-refractivity contribution in [3.05, 3.63) is 35.6 Å². The first-order valence-corrected chi connectivity index (χ1v) is 13.1. The fourth-order valence-electron chi connectivity index (χ4n) is 6.00. The lowest BCUT2D eigenvalue weighted by atomic mass is 9.75. The summed E-state index contributed by atoms with van der Waals surface area (Å²) in [6.07, 6.45) is 16.8. The highest BCUT2D eigenvalue weighted by Gasteiger charge is 2.31. The third kappa shape index (κ3) is 6.16. The molecule has 4 nitrogen and oxygen atoms in total. The molecule has 0 radical (unpaired) electrons. The first-order valence-electron chi connectivity index (χ1n) is 12.6. The molecule has 0 amide bonds. The van der Waals surface area contributed by atoms with Crippen LogP contribution in [-0.2, 0) is 0 Å². The van der Waals surface area contributed by atoms with E-state index in [4.69, 9.17) is 11.6 Å². The van der Waals surface area contributed by atoms with Crippen molar-refractivity contribution in [1.29, 1.82) is 0 Å². The van der Waals surface area contributed by atoms with Crippen LogP contribution in [0.15, 0.2) is 35.6 Å². The number of alkyl halides is 1. The molecule has 2 aliphatic heterocycles. The quantitative estimate of drug-likeness (QED) is 0.491. The molecule has 0 spiro atoms. The lowest BCUT2D eigenvalue weighted by Gasteiger charge is -2.40. The standard InChI is InChI=1S/C26H42ClN3O/c1-18(2)25(28-16-22-15-26(31)23-5-3-4-6-24(23)29-22)17-30-13-11-20(12-14-30)19-7-9-21(27)10-8-19/h3-6,18-22,24-25,28-29,31H,7-17H2,1-2H3/t19?,21?,22?,24?,25-/m0/s1. The van der Waals surface area contributed by atoms with E-state index in [1.54, 1.807) is 0 Å². The van der Waals surface area contributed by atoms with Crippen LogP contribution in [0.5, 0.6) is 0 Å². The van der Waals surface area contributed by atoms with Crippen molar-refractivity contribution in [2.45, 2.75) is 82.3 Å². The molecule has 4 aliphatic rings. The molecule has 2 unspecified atom stereocenters. The van der Waals surface area contributed by atoms with Crippen LogP contribution in [0.1, 0.15) is 58.8 Å². The van der Waals surface area contributed by atoms with E-state index in [-0.39, 0.29) is 12.1 Å². The van der Waals surface area contributed by atoms with Crippen LogP contribution in [0.4, 0.5) is 0 Å². The van der Waals surface area contributed by atoms with Gasteiger partial charge < -0.3 is 20.6 Å². The van der Waals surface area contributed by atoms with Crippen LogP contribution in [-0.4, -0.2) is 59.7 Å². The summed E-state index contributed by atoms with van der Waals surface area (Å²) in [5.41, 5.74) is 1.03. The molecule has 2 heterocycles. The molecule has 5 heteroatoms. The van der Waals surface area contributed by atoms with Gasteiger partial charge in [-0.1, -0.05) is 38.2 Å². The zero-order valence-electron chi connectivity index (χ0n) is 19.4. The second kappa shape index (κ2) is 10.9. The first kappa shape index (κ1) is 23.4. The molecule has 0 aromatic rings. The number of aliphatic hydroxyl groups is 1. The number of piperidine rings is 1. The van der Waals surface area contributed by atoms with Gasteiger partial charge in [-0.15, -0.1) is 11.6 Å². The van der Waals surface area contributed by atoms with Gasteiger partial charge in [-0.3, -0.25) is 0 Å². The van der Waals surface area contributed by atoms with E-state index in [0.29, 0.717) is 29.5 Å². The molecule has 0 bridgehead atoms. The highest BCUT2D eigenvalue weighted by atomic mass is 35.5. The smallest absolute Gasteiger partial charge is 0.0989 e. The van der Waals surface area contributed by atoms with Gasteiger partial charge in [0.2, 0.25) is 0 Å². The van der Waals surface area contributed by atoms with Crippen LogP contribution in [0.3, 0.4) is 0 Å². The summed E-state index contributed by atoms with van der Waals surface area (Å²) in [7, 11) is 0. The van der Waals surface area contributed by atoms with Crippen molar-refractivity contribution in [2.24, 2.45) is 17.8 Å². The molecule has 2 fully saturated rings. The largest absolute Gasteiger partial charge is 0.512 e. The second-order valence-electron chi connectivity index (χ2n) is 10.6. The number of aliphatic hydroxyl groups excluding tert-OH is 1. The average Bonchev–Trinajstić information content (AvgIpc) is 2.77. The SMILES string of the molecule is CC(C)[C@H](CN1CCC(C2CCC(Cl)CC2)CC1)NCC1CC(O)=C2C=CC=CC2N1. The Morgan fingerprint density at radius 3 is 2.52 bits per heavy atom. The minimum absolute atomic E-state index is 0.149. The van der Waals surface area contributed by atoms with Gasteiger partial charge in [-0.25, -0.2) is 0 Å². The summed E-state index contributed by atoms with van der Waals surface area (Å²) in [5.74, 6) is 2.97. The third-order valence-corrected chi connectivity index (χ3v) is 8.54. The number of rotatable bonds is 7. The van der Waals surface area contributed by atoms with Gasteiger partial charge >= 0.3 is 0 Å². The number of hydrogen-bond acceptors (Lipinski definition) is 4. The van der Waals surface area contributed by atoms with E-state index in [0.717, 1.165) is 30.5 Å². The number of halogens is 1. The molecule has 3 N–H and O–H groups in total. The zero-order chi connectivity index (χ0) is 21.8. The van der Waals surface area contributed by atoms with E-state index >= 15 is 0 Å². The van der Waals surface area contributed by atoms with Crippen LogP contribution in [0.25, 0.3) is 0 Å². The normalized spacial score (nSPS) is 33.7. The number of fused-ring (bicyclic) bond motifs is 1. The minimum atomic E-state index is 0.149. The topological polar surface area (TPSA) is 47.5 Å². The molecular formula is C26H42ClN3O. The lowest BCUT2D eigenvalue weighted by molar-refractivity contribution is 0.113. The van der Waals surface area contributed by atoms with Gasteiger partial charge in [0.25, 0.3) is 0 Å². The summed E-state index contributed by atoms with van der Waals surface area (Å²) in [4.78, 5) is 2.68. The number of nitrogens with zero attached hydrogens (tertiary/aromatic N) is 1. The monoisotopic (exact) mass is 447 g/mol. The maximum absolute atomic E-state index is 10.5. The summed E-state index contributed by atoms with van der Waals surface area (Å²) < 4.78 is 0. The molecule has 0 aromatic heterocycles. The van der Waals surface area contributed by atoms with Crippen LogP contribution in [0.2, 0.25) is 0 Å². The minimum Gasteiger partial charge on any atom is -0.512 e. The molecule has 2 aliphatic carbocycles. The molecule has 4 rings (SSSR count). The summed E-state index contributed by atoms with van der Waals surface area (Å²) in [6, 6.07) is 0.907. The van der Waals surface area contributed by atoms with Gasteiger partial charge in [0.05, 0.1) is 11.8 Å². The van der Waals surface area contributed by atoms with Crippen molar-refractivity contribution in [1.82, 2.24) is 15.5 Å². The van der Waals surface area contributed by atoms with Crippen LogP contribution in [0, 0.1) is 17.8 Å². The van der Waals surface area contributed by atoms with E-state index in [9.17, 15) is 5.11 Å². The van der Waals surface area contributed by atoms with Crippen molar-refractivity contribution < 1.29 is 5.11 Å². The van der Waals surface area contributed by atoms with Gasteiger partial charge in [0.1, 0.15) is 0 Å². The second-order valence-corrected chi connectivity index (χ2v) is 11.2. The summed E-state index contributed by atoms with van der Waals surface area (Å²) >= 11 is 6.32. The van der Waals surface area contributed by atoms with Crippen LogP contribution < -0.4 is 10.6 Å². The Labute approximate surface area is 194 Å². The number of allylic oxidation sites excluding steroid dienone is 2. The Balaban J connectivity index is 1.22. The maximum atomic E-state index is 10.5. The van der Waals surface area contributed by atoms with E-state index in [2.05, 4.69) is 41.5 Å². The predicted octanol–water partition coefficient (Wildman–Crippen LogP) is 4.78.